The number of amides is 1. The van der Waals surface area contributed by atoms with Crippen molar-refractivity contribution in [2.24, 2.45) is 11.7 Å². The molecule has 1 amide bonds. The number of morpholine rings is 1. The average Bonchev–Trinajstić information content (AvgIpc) is 3.03. The van der Waals surface area contributed by atoms with Crippen LogP contribution >= 0.6 is 11.8 Å². The van der Waals surface area contributed by atoms with Crippen molar-refractivity contribution < 1.29 is 9.53 Å². The average molecular weight is 342 g/mol. The molecule has 2 aliphatic heterocycles. The summed E-state index contributed by atoms with van der Waals surface area (Å²) in [6.07, 6.45) is 5.30. The van der Waals surface area contributed by atoms with Gasteiger partial charge in [-0.15, -0.1) is 0 Å². The summed E-state index contributed by atoms with van der Waals surface area (Å²) in [5.74, 6) is 2.43. The number of thioether (sulfide) groups is 1. The minimum absolute atomic E-state index is 0.0351. The van der Waals surface area contributed by atoms with Gasteiger partial charge in [-0.05, 0) is 31.9 Å². The molecule has 3 rings (SSSR count). The molecule has 132 valence electrons. The van der Waals surface area contributed by atoms with Crippen LogP contribution in [0.25, 0.3) is 0 Å². The summed E-state index contributed by atoms with van der Waals surface area (Å²) in [6, 6.07) is 0. The number of hydrogen-bond donors (Lipinski definition) is 2. The van der Waals surface area contributed by atoms with Crippen molar-refractivity contribution in [1.29, 1.82) is 0 Å². The van der Waals surface area contributed by atoms with Gasteiger partial charge in [0.05, 0.1) is 19.1 Å². The fourth-order valence-corrected chi connectivity index (χ4v) is 5.78. The topological polar surface area (TPSA) is 67.6 Å². The number of nitrogens with zero attached hydrogens (tertiary/aromatic N) is 1. The quantitative estimate of drug-likeness (QED) is 0.805. The maximum absolute atomic E-state index is 12.8. The van der Waals surface area contributed by atoms with Crippen molar-refractivity contribution in [3.63, 3.8) is 0 Å². The number of nitrogens with two attached hydrogens (primary N) is 1. The van der Waals surface area contributed by atoms with E-state index in [0.717, 1.165) is 70.7 Å². The monoisotopic (exact) mass is 341 g/mol. The molecular weight excluding hydrogens is 310 g/mol. The molecule has 0 bridgehead atoms. The summed E-state index contributed by atoms with van der Waals surface area (Å²) in [7, 11) is 0. The molecule has 0 spiro atoms. The van der Waals surface area contributed by atoms with Gasteiger partial charge in [-0.25, -0.2) is 0 Å². The molecular formula is C17H31N3O2S. The minimum atomic E-state index is -0.348. The zero-order valence-corrected chi connectivity index (χ0v) is 15.1. The second-order valence-electron chi connectivity index (χ2n) is 7.65. The van der Waals surface area contributed by atoms with E-state index < -0.39 is 0 Å². The highest BCUT2D eigenvalue weighted by molar-refractivity contribution is 7.99. The molecule has 0 aromatic rings. The SMILES string of the molecule is CC1(N)CCCCC1C(=O)NCC1(N2CCOCC2)CCSC1. The highest BCUT2D eigenvalue weighted by Crippen LogP contribution is 2.35. The van der Waals surface area contributed by atoms with E-state index >= 15 is 0 Å². The van der Waals surface area contributed by atoms with Crippen LogP contribution in [0.1, 0.15) is 39.0 Å². The third-order valence-electron chi connectivity index (χ3n) is 5.93. The van der Waals surface area contributed by atoms with Crippen molar-refractivity contribution in [2.45, 2.75) is 50.1 Å². The minimum Gasteiger partial charge on any atom is -0.379 e. The molecule has 3 unspecified atom stereocenters. The van der Waals surface area contributed by atoms with Crippen molar-refractivity contribution in [2.75, 3.05) is 44.4 Å². The Morgan fingerprint density at radius 2 is 2.13 bits per heavy atom. The lowest BCUT2D eigenvalue weighted by molar-refractivity contribution is -0.129. The molecule has 3 atom stereocenters. The van der Waals surface area contributed by atoms with E-state index in [0.29, 0.717) is 0 Å². The first-order valence-corrected chi connectivity index (χ1v) is 10.2. The summed E-state index contributed by atoms with van der Waals surface area (Å²) >= 11 is 2.00. The molecule has 1 aliphatic carbocycles. The molecule has 3 N–H and O–H groups in total. The third kappa shape index (κ3) is 3.86. The zero-order valence-electron chi connectivity index (χ0n) is 14.3. The second-order valence-corrected chi connectivity index (χ2v) is 8.75. The summed E-state index contributed by atoms with van der Waals surface area (Å²) in [5, 5.41) is 3.27. The summed E-state index contributed by atoms with van der Waals surface area (Å²) in [5.41, 5.74) is 6.16. The standard InChI is InChI=1S/C17H31N3O2S/c1-16(18)5-3-2-4-14(16)15(21)19-12-17(6-11-23-13-17)20-7-9-22-10-8-20/h14H,2-13,18H2,1H3,(H,19,21). The van der Waals surface area contributed by atoms with Gasteiger partial charge in [-0.2, -0.15) is 11.8 Å². The van der Waals surface area contributed by atoms with E-state index in [4.69, 9.17) is 10.5 Å². The normalized spacial score (nSPS) is 39.3. The van der Waals surface area contributed by atoms with Crippen LogP contribution in [-0.2, 0) is 9.53 Å². The first kappa shape index (κ1) is 17.5. The van der Waals surface area contributed by atoms with Gasteiger partial charge in [0.15, 0.2) is 0 Å². The van der Waals surface area contributed by atoms with Crippen LogP contribution in [0, 0.1) is 5.92 Å². The smallest absolute Gasteiger partial charge is 0.225 e. The van der Waals surface area contributed by atoms with E-state index in [1.54, 1.807) is 0 Å². The van der Waals surface area contributed by atoms with Gasteiger partial charge in [0.2, 0.25) is 5.91 Å². The number of carbonyl (C=O) groups is 1. The molecule has 0 aromatic heterocycles. The third-order valence-corrected chi connectivity index (χ3v) is 7.16. The van der Waals surface area contributed by atoms with Gasteiger partial charge in [0.25, 0.3) is 0 Å². The number of hydrogen-bond acceptors (Lipinski definition) is 5. The Morgan fingerprint density at radius 1 is 1.35 bits per heavy atom. The van der Waals surface area contributed by atoms with Crippen LogP contribution in [0.5, 0.6) is 0 Å². The summed E-state index contributed by atoms with van der Waals surface area (Å²) in [4.78, 5) is 15.3. The first-order chi connectivity index (χ1) is 11.0. The van der Waals surface area contributed by atoms with E-state index in [-0.39, 0.29) is 22.9 Å². The Hall–Kier alpha value is -0.300. The maximum Gasteiger partial charge on any atom is 0.225 e. The first-order valence-electron chi connectivity index (χ1n) is 9.01. The fraction of sp³-hybridized carbons (Fsp3) is 0.941. The molecule has 0 aromatic carbocycles. The Bertz CT molecular complexity index is 418. The molecule has 2 saturated heterocycles. The van der Waals surface area contributed by atoms with Crippen molar-refractivity contribution in [3.05, 3.63) is 0 Å². The van der Waals surface area contributed by atoms with E-state index in [9.17, 15) is 4.79 Å². The Morgan fingerprint density at radius 3 is 2.78 bits per heavy atom. The maximum atomic E-state index is 12.8. The number of nitrogens with one attached hydrogen (secondary N) is 1. The van der Waals surface area contributed by atoms with Crippen LogP contribution in [0.4, 0.5) is 0 Å². The van der Waals surface area contributed by atoms with Crippen LogP contribution < -0.4 is 11.1 Å². The van der Waals surface area contributed by atoms with Gasteiger partial charge < -0.3 is 15.8 Å². The molecule has 6 heteroatoms. The Labute approximate surface area is 144 Å². The van der Waals surface area contributed by atoms with Crippen LogP contribution in [0.3, 0.4) is 0 Å². The molecule has 5 nitrogen and oxygen atoms in total. The van der Waals surface area contributed by atoms with Crippen molar-refractivity contribution in [1.82, 2.24) is 10.2 Å². The van der Waals surface area contributed by atoms with E-state index in [1.807, 2.05) is 18.7 Å². The molecule has 23 heavy (non-hydrogen) atoms. The lowest BCUT2D eigenvalue weighted by Crippen LogP contribution is -2.61. The Kier molecular flexibility index (Phi) is 5.56. The molecule has 1 saturated carbocycles. The van der Waals surface area contributed by atoms with Crippen molar-refractivity contribution in [3.8, 4) is 0 Å². The predicted octanol–water partition coefficient (Wildman–Crippen LogP) is 1.22. The highest BCUT2D eigenvalue weighted by Gasteiger charge is 2.43. The number of carbonyl (C=O) groups excluding carboxylic acids is 1. The fourth-order valence-electron chi connectivity index (χ4n) is 4.30. The van der Waals surface area contributed by atoms with Gasteiger partial charge in [0, 0.05) is 36.5 Å². The zero-order chi connectivity index (χ0) is 16.3. The second kappa shape index (κ2) is 7.30. The van der Waals surface area contributed by atoms with Gasteiger partial charge in [-0.3, -0.25) is 9.69 Å². The van der Waals surface area contributed by atoms with Crippen molar-refractivity contribution >= 4 is 17.7 Å². The molecule has 2 heterocycles. The van der Waals surface area contributed by atoms with E-state index in [1.165, 1.54) is 5.75 Å². The highest BCUT2D eigenvalue weighted by atomic mass is 32.2. The molecule has 0 radical (unpaired) electrons. The van der Waals surface area contributed by atoms with Crippen LogP contribution in [-0.4, -0.2) is 66.2 Å². The number of ether oxygens (including phenoxy) is 1. The summed E-state index contributed by atoms with van der Waals surface area (Å²) in [6.45, 7) is 6.38. The van der Waals surface area contributed by atoms with Crippen LogP contribution in [0.15, 0.2) is 0 Å². The van der Waals surface area contributed by atoms with Crippen LogP contribution in [0.2, 0.25) is 0 Å². The lowest BCUT2D eigenvalue weighted by atomic mass is 9.74. The summed E-state index contributed by atoms with van der Waals surface area (Å²) < 4.78 is 5.50. The molecule has 3 fully saturated rings. The number of rotatable bonds is 4. The Balaban J connectivity index is 1.61. The van der Waals surface area contributed by atoms with E-state index in [2.05, 4.69) is 10.2 Å². The van der Waals surface area contributed by atoms with Gasteiger partial charge in [0.1, 0.15) is 0 Å². The lowest BCUT2D eigenvalue weighted by Gasteiger charge is -2.44. The predicted molar refractivity (Wildman–Crippen MR) is 94.6 cm³/mol. The van der Waals surface area contributed by atoms with Gasteiger partial charge in [-0.1, -0.05) is 12.8 Å². The van der Waals surface area contributed by atoms with Gasteiger partial charge >= 0.3 is 0 Å². The largest absolute Gasteiger partial charge is 0.379 e. The molecule has 3 aliphatic rings.